The zero-order chi connectivity index (χ0) is 16.8. The molecule has 1 aliphatic heterocycles. The van der Waals surface area contributed by atoms with Crippen molar-refractivity contribution >= 4 is 22.9 Å². The molecule has 4 rings (SSSR count). The molecule has 4 nitrogen and oxygen atoms in total. The summed E-state index contributed by atoms with van der Waals surface area (Å²) in [5, 5.41) is 0. The van der Waals surface area contributed by atoms with E-state index in [-0.39, 0.29) is 0 Å². The fraction of sp³-hybridized carbons (Fsp3) is 0.200. The number of rotatable bonds is 1. The van der Waals surface area contributed by atoms with Crippen molar-refractivity contribution in [2.75, 3.05) is 23.9 Å². The van der Waals surface area contributed by atoms with Gasteiger partial charge in [-0.2, -0.15) is 0 Å². The van der Waals surface area contributed by atoms with Crippen LogP contribution in [0.15, 0.2) is 54.9 Å². The third-order valence-corrected chi connectivity index (χ3v) is 4.82. The van der Waals surface area contributed by atoms with Crippen molar-refractivity contribution in [3.63, 3.8) is 0 Å². The summed E-state index contributed by atoms with van der Waals surface area (Å²) in [4.78, 5) is 9.05. The van der Waals surface area contributed by atoms with E-state index in [4.69, 9.17) is 0 Å². The van der Waals surface area contributed by atoms with E-state index in [9.17, 15) is 0 Å². The van der Waals surface area contributed by atoms with Gasteiger partial charge in [0.05, 0.1) is 22.6 Å². The molecule has 3 heterocycles. The molecule has 0 aliphatic carbocycles. The molecule has 0 amide bonds. The quantitative estimate of drug-likeness (QED) is 0.639. The van der Waals surface area contributed by atoms with Crippen LogP contribution in [0, 0.1) is 6.92 Å². The van der Waals surface area contributed by atoms with Crippen LogP contribution < -0.4 is 14.4 Å². The Kier molecular flexibility index (Phi) is 3.27. The SMILES string of the molecule is Cc1ccc2c(c1-c1cccc[n+]1C)N(C)c1ncccc1N2C. The second-order valence-electron chi connectivity index (χ2n) is 6.29. The van der Waals surface area contributed by atoms with Gasteiger partial charge in [0.15, 0.2) is 12.0 Å². The Bertz CT molecular complexity index is 933. The Morgan fingerprint density at radius 1 is 0.917 bits per heavy atom. The van der Waals surface area contributed by atoms with E-state index >= 15 is 0 Å². The van der Waals surface area contributed by atoms with Crippen LogP contribution in [0.5, 0.6) is 0 Å². The van der Waals surface area contributed by atoms with Crippen molar-refractivity contribution in [2.45, 2.75) is 6.92 Å². The normalized spacial score (nSPS) is 12.8. The van der Waals surface area contributed by atoms with Crippen LogP contribution in [-0.4, -0.2) is 19.1 Å². The number of hydrogen-bond acceptors (Lipinski definition) is 3. The molecule has 0 fully saturated rings. The van der Waals surface area contributed by atoms with E-state index in [0.717, 1.165) is 11.5 Å². The highest BCUT2D eigenvalue weighted by atomic mass is 15.3. The minimum atomic E-state index is 0.984. The molecule has 0 saturated heterocycles. The number of aryl methyl sites for hydroxylation is 2. The molecule has 120 valence electrons. The van der Waals surface area contributed by atoms with Crippen LogP contribution in [0.3, 0.4) is 0 Å². The number of nitrogens with zero attached hydrogens (tertiary/aromatic N) is 4. The summed E-state index contributed by atoms with van der Waals surface area (Å²) in [6, 6.07) is 14.8. The lowest BCUT2D eigenvalue weighted by Gasteiger charge is -2.36. The maximum Gasteiger partial charge on any atom is 0.214 e. The first-order valence-electron chi connectivity index (χ1n) is 8.10. The number of benzene rings is 1. The minimum absolute atomic E-state index is 0.984. The first-order chi connectivity index (χ1) is 11.6. The van der Waals surface area contributed by atoms with Gasteiger partial charge in [0, 0.05) is 32.4 Å². The van der Waals surface area contributed by atoms with Crippen LogP contribution in [0.2, 0.25) is 0 Å². The average molecular weight is 317 g/mol. The summed E-state index contributed by atoms with van der Waals surface area (Å²) in [7, 11) is 6.30. The van der Waals surface area contributed by atoms with Crippen LogP contribution >= 0.6 is 0 Å². The van der Waals surface area contributed by atoms with Gasteiger partial charge in [-0.25, -0.2) is 9.55 Å². The maximum absolute atomic E-state index is 4.61. The molecular weight excluding hydrogens is 296 g/mol. The lowest BCUT2D eigenvalue weighted by Crippen LogP contribution is -2.32. The fourth-order valence-corrected chi connectivity index (χ4v) is 3.54. The van der Waals surface area contributed by atoms with E-state index in [1.54, 1.807) is 0 Å². The summed E-state index contributed by atoms with van der Waals surface area (Å²) in [6.45, 7) is 2.17. The molecule has 3 aromatic rings. The first-order valence-corrected chi connectivity index (χ1v) is 8.10. The van der Waals surface area contributed by atoms with Gasteiger partial charge < -0.3 is 9.80 Å². The van der Waals surface area contributed by atoms with Crippen LogP contribution in [-0.2, 0) is 7.05 Å². The molecule has 0 spiro atoms. The van der Waals surface area contributed by atoms with Gasteiger partial charge >= 0.3 is 0 Å². The monoisotopic (exact) mass is 317 g/mol. The molecular formula is C20H21N4+. The van der Waals surface area contributed by atoms with E-state index in [2.05, 4.69) is 90.0 Å². The summed E-state index contributed by atoms with van der Waals surface area (Å²) < 4.78 is 2.17. The van der Waals surface area contributed by atoms with E-state index in [1.165, 1.54) is 28.2 Å². The molecule has 1 aromatic carbocycles. The Balaban J connectivity index is 2.04. The van der Waals surface area contributed by atoms with Gasteiger partial charge in [0.2, 0.25) is 5.69 Å². The highest BCUT2D eigenvalue weighted by molar-refractivity contribution is 5.98. The summed E-state index contributed by atoms with van der Waals surface area (Å²) in [5.74, 6) is 0.984. The third-order valence-electron chi connectivity index (χ3n) is 4.82. The van der Waals surface area contributed by atoms with Crippen LogP contribution in [0.25, 0.3) is 11.3 Å². The third kappa shape index (κ3) is 1.99. The minimum Gasteiger partial charge on any atom is -0.340 e. The molecule has 4 heteroatoms. The van der Waals surface area contributed by atoms with Gasteiger partial charge in [-0.05, 0) is 36.8 Å². The molecule has 0 saturated carbocycles. The number of hydrogen-bond donors (Lipinski definition) is 0. The fourth-order valence-electron chi connectivity index (χ4n) is 3.54. The Hall–Kier alpha value is -2.88. The van der Waals surface area contributed by atoms with E-state index in [1.807, 2.05) is 12.3 Å². The molecule has 0 N–H and O–H groups in total. The van der Waals surface area contributed by atoms with Crippen LogP contribution in [0.1, 0.15) is 5.56 Å². The predicted octanol–water partition coefficient (Wildman–Crippen LogP) is 3.73. The maximum atomic E-state index is 4.61. The summed E-state index contributed by atoms with van der Waals surface area (Å²) >= 11 is 0. The van der Waals surface area contributed by atoms with Crippen molar-refractivity contribution in [3.8, 4) is 11.3 Å². The second kappa shape index (κ2) is 5.34. The topological polar surface area (TPSA) is 23.2 Å². The smallest absolute Gasteiger partial charge is 0.214 e. The lowest BCUT2D eigenvalue weighted by molar-refractivity contribution is -0.660. The van der Waals surface area contributed by atoms with Crippen molar-refractivity contribution in [3.05, 3.63) is 60.4 Å². The number of fused-ring (bicyclic) bond motifs is 2. The average Bonchev–Trinajstić information content (AvgIpc) is 2.60. The number of aromatic nitrogens is 2. The first kappa shape index (κ1) is 14.7. The van der Waals surface area contributed by atoms with Crippen molar-refractivity contribution in [1.29, 1.82) is 0 Å². The summed E-state index contributed by atoms with van der Waals surface area (Å²) in [5.41, 5.74) is 7.23. The van der Waals surface area contributed by atoms with E-state index < -0.39 is 0 Å². The highest BCUT2D eigenvalue weighted by Crippen LogP contribution is 2.49. The number of pyridine rings is 2. The Morgan fingerprint density at radius 2 is 1.75 bits per heavy atom. The molecule has 0 radical (unpaired) electrons. The lowest BCUT2D eigenvalue weighted by atomic mass is 9.98. The van der Waals surface area contributed by atoms with Gasteiger partial charge in [0.1, 0.15) is 7.05 Å². The van der Waals surface area contributed by atoms with Gasteiger partial charge in [-0.15, -0.1) is 0 Å². The zero-order valence-electron chi connectivity index (χ0n) is 14.5. The Morgan fingerprint density at radius 3 is 2.54 bits per heavy atom. The van der Waals surface area contributed by atoms with Crippen molar-refractivity contribution in [2.24, 2.45) is 7.05 Å². The van der Waals surface area contributed by atoms with Gasteiger partial charge in [-0.3, -0.25) is 0 Å². The van der Waals surface area contributed by atoms with Gasteiger partial charge in [0.25, 0.3) is 0 Å². The standard InChI is InChI=1S/C20H21N4/c1-14-10-11-16-19(18(14)15-8-5-6-13-22(15)2)24(4)20-17(23(16)3)9-7-12-21-20/h5-13H,1-4H3/q+1. The number of anilines is 4. The molecule has 0 atom stereocenters. The molecule has 0 unspecified atom stereocenters. The molecule has 1 aliphatic rings. The zero-order valence-corrected chi connectivity index (χ0v) is 14.5. The molecule has 0 bridgehead atoms. The molecule has 2 aromatic heterocycles. The predicted molar refractivity (Wildman–Crippen MR) is 98.2 cm³/mol. The molecule has 24 heavy (non-hydrogen) atoms. The van der Waals surface area contributed by atoms with Crippen molar-refractivity contribution in [1.82, 2.24) is 4.98 Å². The van der Waals surface area contributed by atoms with Crippen LogP contribution in [0.4, 0.5) is 22.9 Å². The Labute approximate surface area is 142 Å². The van der Waals surface area contributed by atoms with E-state index in [0.29, 0.717) is 0 Å². The summed E-state index contributed by atoms with van der Waals surface area (Å²) in [6.07, 6.45) is 3.94. The largest absolute Gasteiger partial charge is 0.340 e. The van der Waals surface area contributed by atoms with Crippen molar-refractivity contribution < 1.29 is 4.57 Å². The second-order valence-corrected chi connectivity index (χ2v) is 6.29. The highest BCUT2D eigenvalue weighted by Gasteiger charge is 2.30. The van der Waals surface area contributed by atoms with Gasteiger partial charge in [-0.1, -0.05) is 6.07 Å².